The van der Waals surface area contributed by atoms with Crippen molar-refractivity contribution in [2.45, 2.75) is 58.2 Å². The lowest BCUT2D eigenvalue weighted by molar-refractivity contribution is -0.146. The number of aromatic nitrogens is 2. The number of carbonyl (C=O) groups is 1. The van der Waals surface area contributed by atoms with Crippen LogP contribution in [0.15, 0.2) is 12.4 Å². The van der Waals surface area contributed by atoms with Crippen molar-refractivity contribution in [1.82, 2.24) is 20.0 Å². The van der Waals surface area contributed by atoms with Crippen LogP contribution in [0.1, 0.15) is 51.6 Å². The first-order chi connectivity index (χ1) is 10.9. The van der Waals surface area contributed by atoms with E-state index >= 15 is 0 Å². The number of carbonyl (C=O) groups excluding carboxylic acids is 1. The van der Waals surface area contributed by atoms with E-state index < -0.39 is 0 Å². The molecule has 0 radical (unpaired) electrons. The van der Waals surface area contributed by atoms with Crippen LogP contribution >= 0.6 is 0 Å². The molecule has 1 saturated carbocycles. The van der Waals surface area contributed by atoms with Crippen LogP contribution in [0.5, 0.6) is 0 Å². The van der Waals surface area contributed by atoms with Gasteiger partial charge in [-0.05, 0) is 26.2 Å². The summed E-state index contributed by atoms with van der Waals surface area (Å²) in [6.07, 6.45) is 6.90. The summed E-state index contributed by atoms with van der Waals surface area (Å²) < 4.78 is 7.37. The number of rotatable bonds is 6. The maximum absolute atomic E-state index is 12.6. The van der Waals surface area contributed by atoms with E-state index in [1.807, 2.05) is 32.1 Å². The Hall–Kier alpha value is -1.56. The normalized spacial score (nSPS) is 23.9. The van der Waals surface area contributed by atoms with Gasteiger partial charge in [-0.15, -0.1) is 0 Å². The molecule has 6 heteroatoms. The molecule has 2 rings (SSSR count). The molecule has 1 heterocycles. The van der Waals surface area contributed by atoms with E-state index in [1.54, 1.807) is 18.0 Å². The minimum atomic E-state index is -0.0606. The first-order valence-corrected chi connectivity index (χ1v) is 8.44. The van der Waals surface area contributed by atoms with Gasteiger partial charge in [0, 0.05) is 44.4 Å². The molecule has 0 saturated heterocycles. The summed E-state index contributed by atoms with van der Waals surface area (Å²) >= 11 is 0. The van der Waals surface area contributed by atoms with Gasteiger partial charge in [0.15, 0.2) is 0 Å². The van der Waals surface area contributed by atoms with Gasteiger partial charge in [0.1, 0.15) is 0 Å². The number of urea groups is 1. The monoisotopic (exact) mass is 322 g/mol. The first-order valence-electron chi connectivity index (χ1n) is 8.44. The number of amides is 2. The summed E-state index contributed by atoms with van der Waals surface area (Å²) in [5.41, 5.74) is 1.08. The molecule has 1 N–H and O–H groups in total. The van der Waals surface area contributed by atoms with Crippen LogP contribution in [-0.4, -0.2) is 47.0 Å². The van der Waals surface area contributed by atoms with E-state index in [1.165, 1.54) is 0 Å². The second kappa shape index (κ2) is 6.91. The first kappa shape index (κ1) is 17.8. The van der Waals surface area contributed by atoms with Gasteiger partial charge in [-0.1, -0.05) is 13.8 Å². The summed E-state index contributed by atoms with van der Waals surface area (Å²) in [5.74, 6) is 0. The summed E-state index contributed by atoms with van der Waals surface area (Å²) in [6, 6.07) is 0.130. The number of ether oxygens (including phenoxy) is 1. The van der Waals surface area contributed by atoms with Crippen molar-refractivity contribution < 1.29 is 9.53 Å². The number of aryl methyl sites for hydroxylation is 1. The standard InChI is InChI=1S/C17H30N4O2/c1-7-17(8-2)14(9-15(17)23-6)21(5)16(22)19-12(3)13-10-18-20(4)11-13/h10-12,14-15H,7-9H2,1-6H3,(H,19,22)/t12-,14+,15+/m0/s1. The van der Waals surface area contributed by atoms with Gasteiger partial charge in [-0.3, -0.25) is 4.68 Å². The second-order valence-corrected chi connectivity index (χ2v) is 6.65. The molecule has 1 aliphatic rings. The molecule has 1 fully saturated rings. The summed E-state index contributed by atoms with van der Waals surface area (Å²) in [5, 5.41) is 7.23. The zero-order valence-corrected chi connectivity index (χ0v) is 15.2. The van der Waals surface area contributed by atoms with Crippen molar-refractivity contribution in [2.24, 2.45) is 12.5 Å². The maximum Gasteiger partial charge on any atom is 0.317 e. The molecular weight excluding hydrogens is 292 g/mol. The van der Waals surface area contributed by atoms with Crippen molar-refractivity contribution in [3.05, 3.63) is 18.0 Å². The second-order valence-electron chi connectivity index (χ2n) is 6.65. The lowest BCUT2D eigenvalue weighted by atomic mass is 9.58. The summed E-state index contributed by atoms with van der Waals surface area (Å²) in [6.45, 7) is 6.35. The molecule has 3 atom stereocenters. The molecule has 2 amide bonds. The van der Waals surface area contributed by atoms with Gasteiger partial charge in [-0.25, -0.2) is 4.79 Å². The molecule has 1 aromatic heterocycles. The zero-order chi connectivity index (χ0) is 17.2. The highest BCUT2D eigenvalue weighted by Crippen LogP contribution is 2.50. The van der Waals surface area contributed by atoms with E-state index in [4.69, 9.17) is 4.74 Å². The van der Waals surface area contributed by atoms with E-state index in [0.717, 1.165) is 24.8 Å². The van der Waals surface area contributed by atoms with Crippen molar-refractivity contribution in [3.8, 4) is 0 Å². The molecule has 130 valence electrons. The number of hydrogen-bond acceptors (Lipinski definition) is 3. The topological polar surface area (TPSA) is 59.4 Å². The molecule has 0 aromatic carbocycles. The third kappa shape index (κ3) is 3.09. The maximum atomic E-state index is 12.6. The average Bonchev–Trinajstić information content (AvgIpc) is 2.94. The van der Waals surface area contributed by atoms with Crippen LogP contribution in [0.4, 0.5) is 4.79 Å². The Morgan fingerprint density at radius 3 is 2.70 bits per heavy atom. The van der Waals surface area contributed by atoms with E-state index in [-0.39, 0.29) is 29.6 Å². The van der Waals surface area contributed by atoms with Gasteiger partial charge in [0.05, 0.1) is 18.3 Å². The van der Waals surface area contributed by atoms with Crippen LogP contribution in [0.25, 0.3) is 0 Å². The third-order valence-corrected chi connectivity index (χ3v) is 5.70. The minimum absolute atomic E-state index is 0.0350. The van der Waals surface area contributed by atoms with Crippen LogP contribution in [0.2, 0.25) is 0 Å². The summed E-state index contributed by atoms with van der Waals surface area (Å²) in [7, 11) is 5.54. The summed E-state index contributed by atoms with van der Waals surface area (Å²) in [4.78, 5) is 14.5. The molecule has 23 heavy (non-hydrogen) atoms. The number of nitrogens with zero attached hydrogens (tertiary/aromatic N) is 3. The molecule has 0 aliphatic heterocycles. The molecule has 0 bridgehead atoms. The minimum Gasteiger partial charge on any atom is -0.381 e. The van der Waals surface area contributed by atoms with Crippen LogP contribution < -0.4 is 5.32 Å². The Balaban J connectivity index is 2.02. The smallest absolute Gasteiger partial charge is 0.317 e. The molecule has 0 spiro atoms. The highest BCUT2D eigenvalue weighted by molar-refractivity contribution is 5.75. The van der Waals surface area contributed by atoms with Crippen molar-refractivity contribution in [1.29, 1.82) is 0 Å². The highest BCUT2D eigenvalue weighted by atomic mass is 16.5. The molecule has 0 unspecified atom stereocenters. The number of hydrogen-bond donors (Lipinski definition) is 1. The molecule has 1 aliphatic carbocycles. The van der Waals surface area contributed by atoms with E-state index in [0.29, 0.717) is 0 Å². The van der Waals surface area contributed by atoms with Crippen LogP contribution in [-0.2, 0) is 11.8 Å². The SMILES string of the molecule is CCC1(CC)[C@H](OC)C[C@H]1N(C)C(=O)N[C@@H](C)c1cnn(C)c1. The van der Waals surface area contributed by atoms with Gasteiger partial charge in [0.2, 0.25) is 0 Å². The van der Waals surface area contributed by atoms with Crippen molar-refractivity contribution in [2.75, 3.05) is 14.2 Å². The lowest BCUT2D eigenvalue weighted by Crippen LogP contribution is -2.65. The Labute approximate surface area is 139 Å². The predicted octanol–water partition coefficient (Wildman–Crippen LogP) is 2.72. The Morgan fingerprint density at radius 1 is 1.57 bits per heavy atom. The molecule has 1 aromatic rings. The highest BCUT2D eigenvalue weighted by Gasteiger charge is 2.55. The largest absolute Gasteiger partial charge is 0.381 e. The van der Waals surface area contributed by atoms with Crippen molar-refractivity contribution in [3.63, 3.8) is 0 Å². The third-order valence-electron chi connectivity index (χ3n) is 5.70. The fourth-order valence-electron chi connectivity index (χ4n) is 3.95. The number of methoxy groups -OCH3 is 1. The quantitative estimate of drug-likeness (QED) is 0.876. The lowest BCUT2D eigenvalue weighted by Gasteiger charge is -2.57. The van der Waals surface area contributed by atoms with E-state index in [9.17, 15) is 4.79 Å². The number of nitrogens with one attached hydrogen (secondary N) is 1. The molecule has 6 nitrogen and oxygen atoms in total. The Kier molecular flexibility index (Phi) is 5.34. The van der Waals surface area contributed by atoms with Gasteiger partial charge < -0.3 is 15.0 Å². The Bertz CT molecular complexity index is 538. The zero-order valence-electron chi connectivity index (χ0n) is 15.2. The molecular formula is C17H30N4O2. The van der Waals surface area contributed by atoms with Crippen LogP contribution in [0, 0.1) is 5.41 Å². The predicted molar refractivity (Wildman–Crippen MR) is 90.1 cm³/mol. The average molecular weight is 322 g/mol. The van der Waals surface area contributed by atoms with Gasteiger partial charge in [0.25, 0.3) is 0 Å². The van der Waals surface area contributed by atoms with Gasteiger partial charge in [-0.2, -0.15) is 5.10 Å². The fraction of sp³-hybridized carbons (Fsp3) is 0.765. The van der Waals surface area contributed by atoms with Crippen LogP contribution in [0.3, 0.4) is 0 Å². The van der Waals surface area contributed by atoms with Gasteiger partial charge >= 0.3 is 6.03 Å². The Morgan fingerprint density at radius 2 is 2.22 bits per heavy atom. The van der Waals surface area contributed by atoms with E-state index in [2.05, 4.69) is 24.3 Å². The fourth-order valence-corrected chi connectivity index (χ4v) is 3.95. The van der Waals surface area contributed by atoms with Crippen molar-refractivity contribution >= 4 is 6.03 Å².